The molecule has 108 valence electrons. The first-order chi connectivity index (χ1) is 9.63. The highest BCUT2D eigenvalue weighted by Gasteiger charge is 2.14. The van der Waals surface area contributed by atoms with Crippen LogP contribution in [-0.2, 0) is 9.53 Å². The van der Waals surface area contributed by atoms with Crippen molar-refractivity contribution in [2.24, 2.45) is 0 Å². The minimum absolute atomic E-state index is 0.0659. The van der Waals surface area contributed by atoms with E-state index in [0.29, 0.717) is 13.1 Å². The minimum atomic E-state index is -0.512. The highest BCUT2D eigenvalue weighted by molar-refractivity contribution is 5.72. The lowest BCUT2D eigenvalue weighted by Gasteiger charge is -2.17. The fraction of sp³-hybridized carbons (Fsp3) is 0.357. The van der Waals surface area contributed by atoms with Gasteiger partial charge in [0.05, 0.1) is 0 Å². The molecule has 0 fully saturated rings. The number of pyridine rings is 1. The highest BCUT2D eigenvalue weighted by Crippen LogP contribution is 2.12. The van der Waals surface area contributed by atoms with E-state index in [9.17, 15) is 9.59 Å². The third-order valence-electron chi connectivity index (χ3n) is 2.58. The Morgan fingerprint density at radius 3 is 2.80 bits per heavy atom. The first-order valence-electron chi connectivity index (χ1n) is 6.29. The first kappa shape index (κ1) is 15.7. The van der Waals surface area contributed by atoms with Crippen LogP contribution in [-0.4, -0.2) is 36.7 Å². The van der Waals surface area contributed by atoms with Crippen LogP contribution in [0.1, 0.15) is 18.4 Å². The molecule has 0 radical (unpaired) electrons. The summed E-state index contributed by atoms with van der Waals surface area (Å²) in [6.45, 7) is 5.84. The summed E-state index contributed by atoms with van der Waals surface area (Å²) >= 11 is 0. The van der Waals surface area contributed by atoms with Crippen molar-refractivity contribution < 1.29 is 14.3 Å². The summed E-state index contributed by atoms with van der Waals surface area (Å²) in [5.74, 6) is -0.183. The Hall–Kier alpha value is -2.37. The standard InChI is InChI=1S/C14H19N3O3/c1-3-7-20-14(19)17-10-13(9-16-11(2)18)12-5-4-6-15-8-12/h3-6,8,13H,1,7,9-10H2,2H3,(H,16,18)(H,17,19). The lowest BCUT2D eigenvalue weighted by atomic mass is 10.0. The predicted molar refractivity (Wildman–Crippen MR) is 75.2 cm³/mol. The zero-order chi connectivity index (χ0) is 14.8. The number of carbonyl (C=O) groups excluding carboxylic acids is 2. The quantitative estimate of drug-likeness (QED) is 0.734. The van der Waals surface area contributed by atoms with E-state index in [4.69, 9.17) is 4.74 Å². The van der Waals surface area contributed by atoms with Crippen LogP contribution in [0, 0.1) is 0 Å². The molecular weight excluding hydrogens is 258 g/mol. The Kier molecular flexibility index (Phi) is 6.81. The molecule has 6 nitrogen and oxygen atoms in total. The van der Waals surface area contributed by atoms with Crippen molar-refractivity contribution in [3.63, 3.8) is 0 Å². The van der Waals surface area contributed by atoms with Crippen molar-refractivity contribution >= 4 is 12.0 Å². The maximum atomic E-state index is 11.4. The second-order valence-electron chi connectivity index (χ2n) is 4.19. The van der Waals surface area contributed by atoms with Crippen molar-refractivity contribution in [3.05, 3.63) is 42.7 Å². The number of hydrogen-bond acceptors (Lipinski definition) is 4. The minimum Gasteiger partial charge on any atom is -0.445 e. The molecule has 0 aromatic carbocycles. The van der Waals surface area contributed by atoms with E-state index in [0.717, 1.165) is 5.56 Å². The second kappa shape index (κ2) is 8.68. The number of ether oxygens (including phenoxy) is 1. The molecule has 0 saturated carbocycles. The topological polar surface area (TPSA) is 80.3 Å². The van der Waals surface area contributed by atoms with Crippen LogP contribution in [0.3, 0.4) is 0 Å². The Labute approximate surface area is 118 Å². The summed E-state index contributed by atoms with van der Waals surface area (Å²) in [4.78, 5) is 26.4. The molecule has 0 bridgehead atoms. The van der Waals surface area contributed by atoms with Crippen LogP contribution in [0.15, 0.2) is 37.2 Å². The maximum Gasteiger partial charge on any atom is 0.407 e. The predicted octanol–water partition coefficient (Wildman–Crippen LogP) is 1.21. The molecule has 0 saturated heterocycles. The van der Waals surface area contributed by atoms with Gasteiger partial charge in [0.2, 0.25) is 5.91 Å². The average molecular weight is 277 g/mol. The van der Waals surface area contributed by atoms with Crippen LogP contribution in [0.4, 0.5) is 4.79 Å². The van der Waals surface area contributed by atoms with E-state index in [-0.39, 0.29) is 18.4 Å². The molecule has 1 atom stereocenters. The first-order valence-corrected chi connectivity index (χ1v) is 6.29. The fourth-order valence-corrected chi connectivity index (χ4v) is 1.58. The number of nitrogens with zero attached hydrogens (tertiary/aromatic N) is 1. The van der Waals surface area contributed by atoms with Crippen molar-refractivity contribution in [2.45, 2.75) is 12.8 Å². The highest BCUT2D eigenvalue weighted by atomic mass is 16.5. The molecule has 1 aromatic rings. The molecule has 1 rings (SSSR count). The van der Waals surface area contributed by atoms with E-state index in [1.165, 1.54) is 13.0 Å². The molecule has 0 spiro atoms. The molecule has 0 aliphatic carbocycles. The van der Waals surface area contributed by atoms with Gasteiger partial charge in [0.1, 0.15) is 6.61 Å². The van der Waals surface area contributed by atoms with Crippen molar-refractivity contribution in [3.8, 4) is 0 Å². The smallest absolute Gasteiger partial charge is 0.407 e. The molecule has 1 unspecified atom stereocenters. The number of amides is 2. The van der Waals surface area contributed by atoms with Crippen molar-refractivity contribution in [1.29, 1.82) is 0 Å². The average Bonchev–Trinajstić information content (AvgIpc) is 2.45. The van der Waals surface area contributed by atoms with Gasteiger partial charge in [-0.2, -0.15) is 0 Å². The normalized spacial score (nSPS) is 11.2. The number of hydrogen-bond donors (Lipinski definition) is 2. The van der Waals surface area contributed by atoms with Gasteiger partial charge in [0.15, 0.2) is 0 Å². The third kappa shape index (κ3) is 5.99. The van der Waals surface area contributed by atoms with Gasteiger partial charge < -0.3 is 15.4 Å². The van der Waals surface area contributed by atoms with Gasteiger partial charge in [-0.05, 0) is 11.6 Å². The Morgan fingerprint density at radius 2 is 2.20 bits per heavy atom. The molecule has 6 heteroatoms. The molecule has 2 N–H and O–H groups in total. The van der Waals surface area contributed by atoms with Gasteiger partial charge in [0.25, 0.3) is 0 Å². The summed E-state index contributed by atoms with van der Waals surface area (Å²) in [5, 5.41) is 5.39. The van der Waals surface area contributed by atoms with E-state index < -0.39 is 6.09 Å². The van der Waals surface area contributed by atoms with Crippen LogP contribution < -0.4 is 10.6 Å². The zero-order valence-corrected chi connectivity index (χ0v) is 11.5. The summed E-state index contributed by atoms with van der Waals surface area (Å²) in [7, 11) is 0. The Balaban J connectivity index is 2.56. The zero-order valence-electron chi connectivity index (χ0n) is 11.5. The van der Waals surface area contributed by atoms with E-state index >= 15 is 0 Å². The van der Waals surface area contributed by atoms with Crippen LogP contribution in [0.2, 0.25) is 0 Å². The van der Waals surface area contributed by atoms with Crippen molar-refractivity contribution in [1.82, 2.24) is 15.6 Å². The van der Waals surface area contributed by atoms with Crippen LogP contribution >= 0.6 is 0 Å². The largest absolute Gasteiger partial charge is 0.445 e. The summed E-state index contributed by atoms with van der Waals surface area (Å²) in [6.07, 6.45) is 4.37. The van der Waals surface area contributed by atoms with E-state index in [1.807, 2.05) is 12.1 Å². The second-order valence-corrected chi connectivity index (χ2v) is 4.19. The van der Waals surface area contributed by atoms with Gasteiger partial charge in [-0.1, -0.05) is 18.7 Å². The molecule has 1 heterocycles. The fourth-order valence-electron chi connectivity index (χ4n) is 1.58. The van der Waals surface area contributed by atoms with Gasteiger partial charge >= 0.3 is 6.09 Å². The lowest BCUT2D eigenvalue weighted by Crippen LogP contribution is -2.35. The summed E-state index contributed by atoms with van der Waals surface area (Å²) in [6, 6.07) is 3.71. The number of aromatic nitrogens is 1. The molecule has 2 amide bonds. The number of nitrogens with one attached hydrogen (secondary N) is 2. The number of rotatable bonds is 7. The van der Waals surface area contributed by atoms with Gasteiger partial charge in [-0.15, -0.1) is 0 Å². The van der Waals surface area contributed by atoms with E-state index in [1.54, 1.807) is 12.4 Å². The summed E-state index contributed by atoms with van der Waals surface area (Å²) in [5.41, 5.74) is 0.935. The molecule has 1 aromatic heterocycles. The monoisotopic (exact) mass is 277 g/mol. The van der Waals surface area contributed by atoms with Gasteiger partial charge in [0, 0.05) is 38.3 Å². The van der Waals surface area contributed by atoms with Crippen molar-refractivity contribution in [2.75, 3.05) is 19.7 Å². The maximum absolute atomic E-state index is 11.4. The number of carbonyl (C=O) groups is 2. The summed E-state index contributed by atoms with van der Waals surface area (Å²) < 4.78 is 4.83. The third-order valence-corrected chi connectivity index (χ3v) is 2.58. The molecule has 0 aliphatic heterocycles. The molecule has 20 heavy (non-hydrogen) atoms. The van der Waals surface area contributed by atoms with Gasteiger partial charge in [-0.3, -0.25) is 9.78 Å². The van der Waals surface area contributed by atoms with E-state index in [2.05, 4.69) is 22.2 Å². The lowest BCUT2D eigenvalue weighted by molar-refractivity contribution is -0.119. The molecule has 0 aliphatic rings. The molecular formula is C14H19N3O3. The Morgan fingerprint density at radius 1 is 1.45 bits per heavy atom. The van der Waals surface area contributed by atoms with Crippen LogP contribution in [0.5, 0.6) is 0 Å². The van der Waals surface area contributed by atoms with Crippen LogP contribution in [0.25, 0.3) is 0 Å². The Bertz CT molecular complexity index is 448. The van der Waals surface area contributed by atoms with Gasteiger partial charge in [-0.25, -0.2) is 4.79 Å². The number of alkyl carbamates (subject to hydrolysis) is 1. The SMILES string of the molecule is C=CCOC(=O)NCC(CNC(C)=O)c1cccnc1.